The number of hydrogen-bond donors (Lipinski definition) is 1. The first-order chi connectivity index (χ1) is 14.9. The van der Waals surface area contributed by atoms with E-state index in [0.717, 1.165) is 18.2 Å². The Bertz CT molecular complexity index is 1000. The lowest BCUT2D eigenvalue weighted by atomic mass is 9.81. The molecular formula is C20H18F3N5O3. The lowest BCUT2D eigenvalue weighted by Crippen LogP contribution is -2.61. The van der Waals surface area contributed by atoms with Crippen molar-refractivity contribution in [2.24, 2.45) is 5.92 Å². The molecule has 2 aliphatic rings. The van der Waals surface area contributed by atoms with Crippen LogP contribution in [0, 0.1) is 23.1 Å². The van der Waals surface area contributed by atoms with Crippen LogP contribution in [-0.2, 0) is 4.79 Å². The van der Waals surface area contributed by atoms with Crippen molar-refractivity contribution in [3.8, 4) is 17.6 Å². The van der Waals surface area contributed by atoms with E-state index in [0.29, 0.717) is 31.9 Å². The highest BCUT2D eigenvalue weighted by atomic mass is 19.3. The standard InChI is InChI=1S/C20H18F3N5O3/c21-12-1-2-16(31-19(22)23)17(7-12)30-15-5-11(6-15)18(29)26-14-9-28(10-14)20-25-4-3-13(8-24)27-20/h1-4,7,11,14-15,19H,5-6,9-10H2,(H,26,29)/t11-,15-. The fraction of sp³-hybridized carbons (Fsp3) is 0.400. The third kappa shape index (κ3) is 4.79. The summed E-state index contributed by atoms with van der Waals surface area (Å²) >= 11 is 0. The van der Waals surface area contributed by atoms with Crippen LogP contribution < -0.4 is 19.7 Å². The first-order valence-corrected chi connectivity index (χ1v) is 9.60. The van der Waals surface area contributed by atoms with E-state index in [2.05, 4.69) is 20.0 Å². The Labute approximate surface area is 175 Å². The number of amides is 1. The molecule has 1 aliphatic heterocycles. The zero-order valence-corrected chi connectivity index (χ0v) is 16.2. The molecule has 0 spiro atoms. The molecule has 4 rings (SSSR count). The molecule has 0 radical (unpaired) electrons. The molecule has 1 aromatic heterocycles. The predicted molar refractivity (Wildman–Crippen MR) is 101 cm³/mol. The maximum atomic E-state index is 13.4. The predicted octanol–water partition coefficient (Wildman–Crippen LogP) is 2.25. The lowest BCUT2D eigenvalue weighted by Gasteiger charge is -2.41. The maximum absolute atomic E-state index is 13.4. The fourth-order valence-corrected chi connectivity index (χ4v) is 3.44. The highest BCUT2D eigenvalue weighted by Gasteiger charge is 2.39. The van der Waals surface area contributed by atoms with E-state index >= 15 is 0 Å². The third-order valence-corrected chi connectivity index (χ3v) is 5.15. The van der Waals surface area contributed by atoms with Gasteiger partial charge in [-0.25, -0.2) is 14.4 Å². The minimum Gasteiger partial charge on any atom is -0.486 e. The summed E-state index contributed by atoms with van der Waals surface area (Å²) in [5.41, 5.74) is 0.276. The van der Waals surface area contributed by atoms with Crippen LogP contribution >= 0.6 is 0 Å². The molecule has 1 N–H and O–H groups in total. The van der Waals surface area contributed by atoms with Gasteiger partial charge in [0, 0.05) is 31.3 Å². The molecule has 8 nitrogen and oxygen atoms in total. The van der Waals surface area contributed by atoms with Crippen molar-refractivity contribution in [1.82, 2.24) is 15.3 Å². The minimum atomic E-state index is -3.05. The molecule has 31 heavy (non-hydrogen) atoms. The molecule has 1 aromatic carbocycles. The molecule has 0 unspecified atom stereocenters. The van der Waals surface area contributed by atoms with Crippen molar-refractivity contribution in [1.29, 1.82) is 5.26 Å². The van der Waals surface area contributed by atoms with Gasteiger partial charge in [0.05, 0.1) is 6.04 Å². The molecule has 1 amide bonds. The second kappa shape index (κ2) is 8.67. The summed E-state index contributed by atoms with van der Waals surface area (Å²) in [6.45, 7) is -1.99. The molecule has 1 aliphatic carbocycles. The van der Waals surface area contributed by atoms with E-state index in [1.54, 1.807) is 0 Å². The normalized spacial score (nSPS) is 20.4. The van der Waals surface area contributed by atoms with Crippen LogP contribution in [0.25, 0.3) is 0 Å². The summed E-state index contributed by atoms with van der Waals surface area (Å²) in [6, 6.07) is 6.48. The van der Waals surface area contributed by atoms with E-state index in [9.17, 15) is 18.0 Å². The van der Waals surface area contributed by atoms with Crippen molar-refractivity contribution in [3.63, 3.8) is 0 Å². The number of carbonyl (C=O) groups excluding carboxylic acids is 1. The van der Waals surface area contributed by atoms with Gasteiger partial charge < -0.3 is 19.7 Å². The van der Waals surface area contributed by atoms with E-state index in [1.165, 1.54) is 12.3 Å². The average molecular weight is 433 g/mol. The van der Waals surface area contributed by atoms with Gasteiger partial charge in [-0.1, -0.05) is 0 Å². The number of anilines is 1. The van der Waals surface area contributed by atoms with E-state index in [4.69, 9.17) is 10.00 Å². The van der Waals surface area contributed by atoms with Gasteiger partial charge in [-0.3, -0.25) is 4.79 Å². The van der Waals surface area contributed by atoms with Crippen molar-refractivity contribution < 1.29 is 27.4 Å². The summed E-state index contributed by atoms with van der Waals surface area (Å²) in [4.78, 5) is 22.5. The zero-order valence-electron chi connectivity index (χ0n) is 16.2. The Morgan fingerprint density at radius 1 is 1.26 bits per heavy atom. The van der Waals surface area contributed by atoms with Gasteiger partial charge in [0.2, 0.25) is 11.9 Å². The van der Waals surface area contributed by atoms with E-state index in [-0.39, 0.29) is 35.1 Å². The Morgan fingerprint density at radius 3 is 2.74 bits per heavy atom. The Hall–Kier alpha value is -3.55. The summed E-state index contributed by atoms with van der Waals surface area (Å²) in [6.07, 6.45) is 1.90. The molecule has 1 saturated heterocycles. The first-order valence-electron chi connectivity index (χ1n) is 9.60. The number of hydrogen-bond acceptors (Lipinski definition) is 7. The average Bonchev–Trinajstić information content (AvgIpc) is 2.68. The van der Waals surface area contributed by atoms with Gasteiger partial charge in [0.25, 0.3) is 0 Å². The molecule has 0 atom stereocenters. The molecule has 2 aromatic rings. The number of halogens is 3. The van der Waals surface area contributed by atoms with Gasteiger partial charge in [-0.2, -0.15) is 14.0 Å². The Balaban J connectivity index is 1.23. The van der Waals surface area contributed by atoms with Crippen molar-refractivity contribution >= 4 is 11.9 Å². The quantitative estimate of drug-likeness (QED) is 0.715. The van der Waals surface area contributed by atoms with Crippen LogP contribution in [0.3, 0.4) is 0 Å². The Morgan fingerprint density at radius 2 is 2.03 bits per heavy atom. The van der Waals surface area contributed by atoms with Gasteiger partial charge in [0.15, 0.2) is 11.5 Å². The van der Waals surface area contributed by atoms with Gasteiger partial charge in [0.1, 0.15) is 23.7 Å². The number of aromatic nitrogens is 2. The van der Waals surface area contributed by atoms with Crippen LogP contribution in [0.15, 0.2) is 30.5 Å². The van der Waals surface area contributed by atoms with Crippen LogP contribution in [0.2, 0.25) is 0 Å². The molecule has 162 valence electrons. The zero-order chi connectivity index (χ0) is 22.0. The number of benzene rings is 1. The fourth-order valence-electron chi connectivity index (χ4n) is 3.44. The summed E-state index contributed by atoms with van der Waals surface area (Å²) in [7, 11) is 0. The third-order valence-electron chi connectivity index (χ3n) is 5.15. The first kappa shape index (κ1) is 20.7. The molecule has 11 heteroatoms. The van der Waals surface area contributed by atoms with Crippen LogP contribution in [0.1, 0.15) is 18.5 Å². The van der Waals surface area contributed by atoms with E-state index in [1.807, 2.05) is 11.0 Å². The van der Waals surface area contributed by atoms with Crippen LogP contribution in [0.4, 0.5) is 19.1 Å². The second-order valence-corrected chi connectivity index (χ2v) is 7.34. The molecule has 1 saturated carbocycles. The number of nitrogens with zero attached hydrogens (tertiary/aromatic N) is 4. The number of nitriles is 1. The van der Waals surface area contributed by atoms with Crippen molar-refractivity contribution in [2.75, 3.05) is 18.0 Å². The maximum Gasteiger partial charge on any atom is 0.387 e. The monoisotopic (exact) mass is 433 g/mol. The minimum absolute atomic E-state index is 0.0592. The summed E-state index contributed by atoms with van der Waals surface area (Å²) in [5, 5.41) is 11.8. The van der Waals surface area contributed by atoms with Crippen LogP contribution in [-0.4, -0.2) is 47.7 Å². The smallest absolute Gasteiger partial charge is 0.387 e. The van der Waals surface area contributed by atoms with Gasteiger partial charge in [-0.05, 0) is 31.0 Å². The molecule has 2 heterocycles. The number of alkyl halides is 2. The molecular weight excluding hydrogens is 415 g/mol. The highest BCUT2D eigenvalue weighted by Crippen LogP contribution is 2.36. The van der Waals surface area contributed by atoms with E-state index < -0.39 is 18.5 Å². The number of rotatable bonds is 7. The summed E-state index contributed by atoms with van der Waals surface area (Å²) in [5.74, 6) is -0.952. The van der Waals surface area contributed by atoms with Crippen molar-refractivity contribution in [2.45, 2.75) is 31.6 Å². The number of nitrogens with one attached hydrogen (secondary N) is 1. The van der Waals surface area contributed by atoms with Gasteiger partial charge >= 0.3 is 6.61 Å². The van der Waals surface area contributed by atoms with Crippen molar-refractivity contribution in [3.05, 3.63) is 42.0 Å². The van der Waals surface area contributed by atoms with Gasteiger partial charge in [-0.15, -0.1) is 0 Å². The lowest BCUT2D eigenvalue weighted by molar-refractivity contribution is -0.131. The largest absolute Gasteiger partial charge is 0.486 e. The highest BCUT2D eigenvalue weighted by molar-refractivity contribution is 5.80. The number of carbonyl (C=O) groups is 1. The topological polar surface area (TPSA) is 100 Å². The Kier molecular flexibility index (Phi) is 5.79. The molecule has 0 bridgehead atoms. The number of ether oxygens (including phenoxy) is 2. The second-order valence-electron chi connectivity index (χ2n) is 7.34. The SMILES string of the molecule is N#Cc1ccnc(N2CC(NC(=O)[C@H]3C[C@H](Oc4cc(F)ccc4OC(F)F)C3)C2)n1. The van der Waals surface area contributed by atoms with Crippen LogP contribution in [0.5, 0.6) is 11.5 Å². The molecule has 2 fully saturated rings. The summed E-state index contributed by atoms with van der Waals surface area (Å²) < 4.78 is 48.3.